The average molecular weight is 274 g/mol. The van der Waals surface area contributed by atoms with Gasteiger partial charge in [-0.15, -0.1) is 0 Å². The van der Waals surface area contributed by atoms with E-state index < -0.39 is 23.0 Å². The van der Waals surface area contributed by atoms with Gasteiger partial charge < -0.3 is 0 Å². The molecule has 0 heterocycles. The van der Waals surface area contributed by atoms with Gasteiger partial charge in [-0.1, -0.05) is 44.2 Å². The Balaban J connectivity index is 2.44. The molecule has 0 aliphatic carbocycles. The van der Waals surface area contributed by atoms with E-state index >= 15 is 0 Å². The molecule has 0 saturated carbocycles. The molecule has 104 valence electrons. The van der Waals surface area contributed by atoms with E-state index in [0.29, 0.717) is 5.92 Å². The number of aryl methyl sites for hydroxylation is 1. The van der Waals surface area contributed by atoms with Gasteiger partial charge in [-0.2, -0.15) is 0 Å². The van der Waals surface area contributed by atoms with E-state index in [-0.39, 0.29) is 11.1 Å². The van der Waals surface area contributed by atoms with Crippen molar-refractivity contribution in [1.82, 2.24) is 0 Å². The van der Waals surface area contributed by atoms with Crippen LogP contribution in [-0.2, 0) is 0 Å². The molecule has 0 bridgehead atoms. The van der Waals surface area contributed by atoms with Crippen molar-refractivity contribution in [3.63, 3.8) is 0 Å². The SMILES string of the molecule is Cc1ccc(F)c(C(=O)c2ccc(C(C)C)cc2)c1F. The Hall–Kier alpha value is -2.03. The van der Waals surface area contributed by atoms with Crippen LogP contribution < -0.4 is 0 Å². The maximum Gasteiger partial charge on any atom is 0.198 e. The Morgan fingerprint density at radius 1 is 1.00 bits per heavy atom. The van der Waals surface area contributed by atoms with E-state index in [1.807, 2.05) is 26.0 Å². The molecule has 0 N–H and O–H groups in total. The van der Waals surface area contributed by atoms with Crippen molar-refractivity contribution in [2.45, 2.75) is 26.7 Å². The van der Waals surface area contributed by atoms with E-state index in [9.17, 15) is 13.6 Å². The molecular weight excluding hydrogens is 258 g/mol. The third-order valence-electron chi connectivity index (χ3n) is 3.35. The predicted octanol–water partition coefficient (Wildman–Crippen LogP) is 4.63. The van der Waals surface area contributed by atoms with Gasteiger partial charge in [0.1, 0.15) is 11.6 Å². The molecule has 0 unspecified atom stereocenters. The second-order valence-electron chi connectivity index (χ2n) is 5.16. The molecule has 0 fully saturated rings. The minimum absolute atomic E-state index is 0.258. The van der Waals surface area contributed by atoms with Gasteiger partial charge in [0, 0.05) is 5.56 Å². The Bertz CT molecular complexity index is 643. The van der Waals surface area contributed by atoms with Crippen LogP contribution in [0.25, 0.3) is 0 Å². The number of ketones is 1. The summed E-state index contributed by atoms with van der Waals surface area (Å²) < 4.78 is 27.7. The van der Waals surface area contributed by atoms with Gasteiger partial charge in [-0.25, -0.2) is 8.78 Å². The van der Waals surface area contributed by atoms with E-state index in [0.717, 1.165) is 11.6 Å². The molecule has 0 radical (unpaired) electrons. The molecule has 0 atom stereocenters. The summed E-state index contributed by atoms with van der Waals surface area (Å²) in [6.45, 7) is 5.58. The van der Waals surface area contributed by atoms with Gasteiger partial charge in [0.2, 0.25) is 0 Å². The highest BCUT2D eigenvalue weighted by Crippen LogP contribution is 2.21. The van der Waals surface area contributed by atoms with Crippen LogP contribution >= 0.6 is 0 Å². The summed E-state index contributed by atoms with van der Waals surface area (Å²) in [5.74, 6) is -1.90. The summed E-state index contributed by atoms with van der Waals surface area (Å²) in [4.78, 5) is 12.2. The fourth-order valence-corrected chi connectivity index (χ4v) is 2.03. The minimum atomic E-state index is -0.828. The third-order valence-corrected chi connectivity index (χ3v) is 3.35. The van der Waals surface area contributed by atoms with Crippen LogP contribution in [0.3, 0.4) is 0 Å². The summed E-state index contributed by atoms with van der Waals surface area (Å²) in [7, 11) is 0. The van der Waals surface area contributed by atoms with Crippen molar-refractivity contribution >= 4 is 5.78 Å². The van der Waals surface area contributed by atoms with E-state index in [1.54, 1.807) is 12.1 Å². The topological polar surface area (TPSA) is 17.1 Å². The van der Waals surface area contributed by atoms with Crippen LogP contribution in [0.4, 0.5) is 8.78 Å². The molecule has 1 nitrogen and oxygen atoms in total. The second kappa shape index (κ2) is 5.53. The van der Waals surface area contributed by atoms with Crippen LogP contribution in [-0.4, -0.2) is 5.78 Å². The van der Waals surface area contributed by atoms with E-state index in [1.165, 1.54) is 13.0 Å². The summed E-state index contributed by atoms with van der Waals surface area (Å²) in [6.07, 6.45) is 0. The molecule has 2 rings (SSSR count). The van der Waals surface area contributed by atoms with Crippen molar-refractivity contribution in [2.24, 2.45) is 0 Å². The lowest BCUT2D eigenvalue weighted by Crippen LogP contribution is -2.09. The largest absolute Gasteiger partial charge is 0.288 e. The van der Waals surface area contributed by atoms with Crippen molar-refractivity contribution in [1.29, 1.82) is 0 Å². The fourth-order valence-electron chi connectivity index (χ4n) is 2.03. The molecule has 0 aromatic heterocycles. The van der Waals surface area contributed by atoms with Crippen molar-refractivity contribution in [3.05, 3.63) is 70.3 Å². The van der Waals surface area contributed by atoms with Crippen LogP contribution in [0, 0.1) is 18.6 Å². The normalized spacial score (nSPS) is 10.9. The Morgan fingerprint density at radius 2 is 1.60 bits per heavy atom. The van der Waals surface area contributed by atoms with Crippen molar-refractivity contribution in [2.75, 3.05) is 0 Å². The third kappa shape index (κ3) is 2.62. The maximum atomic E-state index is 13.9. The van der Waals surface area contributed by atoms with E-state index in [4.69, 9.17) is 0 Å². The Kier molecular flexibility index (Phi) is 3.98. The van der Waals surface area contributed by atoms with Gasteiger partial charge in [-0.3, -0.25) is 4.79 Å². The van der Waals surface area contributed by atoms with Gasteiger partial charge in [0.05, 0.1) is 5.56 Å². The highest BCUT2D eigenvalue weighted by Gasteiger charge is 2.20. The Labute approximate surface area is 117 Å². The number of rotatable bonds is 3. The first-order valence-electron chi connectivity index (χ1n) is 6.51. The zero-order chi connectivity index (χ0) is 14.9. The quantitative estimate of drug-likeness (QED) is 0.746. The lowest BCUT2D eigenvalue weighted by atomic mass is 9.97. The molecule has 0 aliphatic rings. The number of hydrogen-bond donors (Lipinski definition) is 0. The lowest BCUT2D eigenvalue weighted by molar-refractivity contribution is 0.103. The van der Waals surface area contributed by atoms with Crippen LogP contribution in [0.2, 0.25) is 0 Å². The number of carbonyl (C=O) groups excluding carboxylic acids is 1. The second-order valence-corrected chi connectivity index (χ2v) is 5.16. The maximum absolute atomic E-state index is 13.9. The molecule has 0 saturated heterocycles. The first-order valence-corrected chi connectivity index (χ1v) is 6.51. The van der Waals surface area contributed by atoms with Gasteiger partial charge >= 0.3 is 0 Å². The summed E-state index contributed by atoms with van der Waals surface area (Å²) in [5.41, 5.74) is 1.14. The standard InChI is InChI=1S/C17H16F2O/c1-10(2)12-5-7-13(8-6-12)17(20)15-14(18)9-4-11(3)16(15)19/h4-10H,1-3H3. The molecule has 20 heavy (non-hydrogen) atoms. The van der Waals surface area contributed by atoms with Gasteiger partial charge in [-0.05, 0) is 30.0 Å². The molecule has 2 aromatic carbocycles. The molecule has 3 heteroatoms. The Morgan fingerprint density at radius 3 is 2.15 bits per heavy atom. The zero-order valence-corrected chi connectivity index (χ0v) is 11.7. The highest BCUT2D eigenvalue weighted by atomic mass is 19.1. The fraction of sp³-hybridized carbons (Fsp3) is 0.235. The van der Waals surface area contributed by atoms with Gasteiger partial charge in [0.25, 0.3) is 0 Å². The predicted molar refractivity (Wildman–Crippen MR) is 75.1 cm³/mol. The smallest absolute Gasteiger partial charge is 0.198 e. The lowest BCUT2D eigenvalue weighted by Gasteiger charge is -2.08. The molecule has 0 spiro atoms. The molecule has 0 amide bonds. The van der Waals surface area contributed by atoms with Crippen LogP contribution in [0.5, 0.6) is 0 Å². The van der Waals surface area contributed by atoms with Crippen molar-refractivity contribution < 1.29 is 13.6 Å². The number of halogens is 2. The summed E-state index contributed by atoms with van der Waals surface area (Å²) >= 11 is 0. The first-order chi connectivity index (χ1) is 9.41. The number of carbonyl (C=O) groups is 1. The molecular formula is C17H16F2O. The average Bonchev–Trinajstić information content (AvgIpc) is 2.43. The monoisotopic (exact) mass is 274 g/mol. The summed E-state index contributed by atoms with van der Waals surface area (Å²) in [6, 6.07) is 9.28. The molecule has 2 aromatic rings. The van der Waals surface area contributed by atoms with E-state index in [2.05, 4.69) is 0 Å². The van der Waals surface area contributed by atoms with Gasteiger partial charge in [0.15, 0.2) is 5.78 Å². The van der Waals surface area contributed by atoms with Crippen molar-refractivity contribution in [3.8, 4) is 0 Å². The minimum Gasteiger partial charge on any atom is -0.288 e. The number of benzene rings is 2. The zero-order valence-electron chi connectivity index (χ0n) is 11.7. The highest BCUT2D eigenvalue weighted by molar-refractivity contribution is 6.09. The van der Waals surface area contributed by atoms with Crippen LogP contribution in [0.1, 0.15) is 46.8 Å². The summed E-state index contributed by atoms with van der Waals surface area (Å²) in [5, 5.41) is 0. The van der Waals surface area contributed by atoms with Crippen LogP contribution in [0.15, 0.2) is 36.4 Å². The first kappa shape index (κ1) is 14.4. The molecule has 0 aliphatic heterocycles. The number of hydrogen-bond acceptors (Lipinski definition) is 1.